The van der Waals surface area contributed by atoms with Crippen molar-refractivity contribution >= 4 is 23.6 Å². The van der Waals surface area contributed by atoms with Gasteiger partial charge in [-0.3, -0.25) is 9.59 Å². The van der Waals surface area contributed by atoms with E-state index in [-0.39, 0.29) is 5.97 Å². The third kappa shape index (κ3) is 7.11. The number of rotatable bonds is 6. The highest BCUT2D eigenvalue weighted by Crippen LogP contribution is 2.33. The molecule has 0 amide bonds. The van der Waals surface area contributed by atoms with Crippen LogP contribution in [0.25, 0.3) is 0 Å². The smallest absolute Gasteiger partial charge is 0.335 e. The van der Waals surface area contributed by atoms with Crippen molar-refractivity contribution in [2.45, 2.75) is 84.3 Å². The average Bonchev–Trinajstić information content (AvgIpc) is 2.66. The molecule has 0 unspecified atom stereocenters. The molecule has 0 spiro atoms. The van der Waals surface area contributed by atoms with E-state index in [9.17, 15) is 14.4 Å². The van der Waals surface area contributed by atoms with Crippen molar-refractivity contribution in [3.05, 3.63) is 41.1 Å². The fraction of sp³-hybridized carbons (Fsp3) is 0.560. The number of methoxy groups -OCH3 is 1. The monoisotopic (exact) mass is 445 g/mol. The number of para-hydroxylation sites is 1. The van der Waals surface area contributed by atoms with Crippen molar-refractivity contribution in [3.63, 3.8) is 0 Å². The minimum Gasteiger partial charge on any atom is -0.466 e. The first-order valence-electron chi connectivity index (χ1n) is 10.9. The third-order valence-electron chi connectivity index (χ3n) is 4.74. The molecule has 1 aliphatic rings. The van der Waals surface area contributed by atoms with Crippen LogP contribution in [0.1, 0.15) is 78.7 Å². The molecule has 7 nitrogen and oxygen atoms in total. The van der Waals surface area contributed by atoms with E-state index in [0.29, 0.717) is 29.7 Å². The Morgan fingerprint density at radius 2 is 1.41 bits per heavy atom. The minimum absolute atomic E-state index is 0.375. The van der Waals surface area contributed by atoms with Crippen LogP contribution in [0.5, 0.6) is 0 Å². The predicted octanol–water partition coefficient (Wildman–Crippen LogP) is 4.87. The Morgan fingerprint density at radius 1 is 0.875 bits per heavy atom. The molecule has 1 aromatic rings. The van der Waals surface area contributed by atoms with Gasteiger partial charge < -0.3 is 19.5 Å². The lowest BCUT2D eigenvalue weighted by atomic mass is 9.93. The van der Waals surface area contributed by atoms with Crippen molar-refractivity contribution in [1.29, 1.82) is 0 Å². The molecule has 0 bridgehead atoms. The molecule has 1 N–H and O–H groups in total. The van der Waals surface area contributed by atoms with Gasteiger partial charge in [-0.05, 0) is 73.3 Å². The Morgan fingerprint density at radius 3 is 1.94 bits per heavy atom. The molecule has 0 heterocycles. The Hall–Kier alpha value is -2.83. The number of carbonyl (C=O) groups is 3. The van der Waals surface area contributed by atoms with Crippen LogP contribution in [0.2, 0.25) is 0 Å². The number of esters is 3. The maximum absolute atomic E-state index is 13.1. The summed E-state index contributed by atoms with van der Waals surface area (Å²) in [6.07, 6.45) is 3.10. The number of carbonyl (C=O) groups excluding carboxylic acids is 3. The zero-order valence-corrected chi connectivity index (χ0v) is 20.2. The van der Waals surface area contributed by atoms with Gasteiger partial charge in [-0.2, -0.15) is 0 Å². The fourth-order valence-corrected chi connectivity index (χ4v) is 3.49. The first-order valence-corrected chi connectivity index (χ1v) is 10.9. The number of allylic oxidation sites excluding steroid dienone is 1. The second kappa shape index (κ2) is 10.2. The SMILES string of the molecule is COC(=O)C1=C(Nc2ccccc2C(C(=O)OC(C)(C)C)C(=O)OC(C)(C)C)CCCC1. The van der Waals surface area contributed by atoms with Crippen LogP contribution in [0.4, 0.5) is 5.69 Å². The van der Waals surface area contributed by atoms with Gasteiger partial charge in [-0.25, -0.2) is 4.79 Å². The summed E-state index contributed by atoms with van der Waals surface area (Å²) in [6.45, 7) is 10.5. The maximum Gasteiger partial charge on any atom is 0.335 e. The fourth-order valence-electron chi connectivity index (χ4n) is 3.49. The van der Waals surface area contributed by atoms with Gasteiger partial charge >= 0.3 is 17.9 Å². The van der Waals surface area contributed by atoms with Crippen LogP contribution in [-0.4, -0.2) is 36.2 Å². The molecule has 32 heavy (non-hydrogen) atoms. The first kappa shape index (κ1) is 25.4. The minimum atomic E-state index is -1.28. The molecule has 176 valence electrons. The summed E-state index contributed by atoms with van der Waals surface area (Å²) in [5.74, 6) is -3.03. The van der Waals surface area contributed by atoms with Gasteiger partial charge in [-0.15, -0.1) is 0 Å². The molecular weight excluding hydrogens is 410 g/mol. The molecule has 1 aromatic carbocycles. The lowest BCUT2D eigenvalue weighted by Gasteiger charge is -2.28. The number of hydrogen-bond donors (Lipinski definition) is 1. The van der Waals surface area contributed by atoms with Crippen molar-refractivity contribution in [1.82, 2.24) is 0 Å². The Labute approximate surface area is 190 Å². The number of nitrogens with one attached hydrogen (secondary N) is 1. The second-order valence-corrected chi connectivity index (χ2v) is 9.87. The third-order valence-corrected chi connectivity index (χ3v) is 4.74. The highest BCUT2D eigenvalue weighted by molar-refractivity contribution is 6.02. The molecular formula is C25H35NO6. The normalized spacial score (nSPS) is 14.8. The lowest BCUT2D eigenvalue weighted by Crippen LogP contribution is -2.36. The summed E-state index contributed by atoms with van der Waals surface area (Å²) in [5.41, 5.74) is 0.751. The molecule has 0 radical (unpaired) electrons. The lowest BCUT2D eigenvalue weighted by molar-refractivity contribution is -0.169. The molecule has 0 aromatic heterocycles. The van der Waals surface area contributed by atoms with Gasteiger partial charge in [0.25, 0.3) is 0 Å². The van der Waals surface area contributed by atoms with E-state index in [1.54, 1.807) is 65.8 Å². The van der Waals surface area contributed by atoms with Crippen LogP contribution in [0.15, 0.2) is 35.5 Å². The quantitative estimate of drug-likeness (QED) is 0.380. The van der Waals surface area contributed by atoms with Crippen molar-refractivity contribution in [2.75, 3.05) is 12.4 Å². The Balaban J connectivity index is 2.51. The topological polar surface area (TPSA) is 90.9 Å². The largest absolute Gasteiger partial charge is 0.466 e. The van der Waals surface area contributed by atoms with E-state index in [1.165, 1.54) is 7.11 Å². The number of hydrogen-bond acceptors (Lipinski definition) is 7. The van der Waals surface area contributed by atoms with E-state index in [1.807, 2.05) is 0 Å². The summed E-state index contributed by atoms with van der Waals surface area (Å²) in [7, 11) is 1.36. The van der Waals surface area contributed by atoms with Gasteiger partial charge in [0.05, 0.1) is 12.7 Å². The molecule has 1 aliphatic carbocycles. The molecule has 0 aliphatic heterocycles. The molecule has 2 rings (SSSR count). The molecule has 0 saturated carbocycles. The Kier molecular flexibility index (Phi) is 8.10. The van der Waals surface area contributed by atoms with Crippen LogP contribution < -0.4 is 5.32 Å². The summed E-state index contributed by atoms with van der Waals surface area (Å²) in [6, 6.07) is 7.02. The Bertz CT molecular complexity index is 860. The van der Waals surface area contributed by atoms with Gasteiger partial charge in [0.2, 0.25) is 0 Å². The van der Waals surface area contributed by atoms with E-state index in [4.69, 9.17) is 14.2 Å². The highest BCUT2D eigenvalue weighted by atomic mass is 16.6. The molecule has 0 fully saturated rings. The average molecular weight is 446 g/mol. The summed E-state index contributed by atoms with van der Waals surface area (Å²) >= 11 is 0. The van der Waals surface area contributed by atoms with Gasteiger partial charge in [0.15, 0.2) is 5.92 Å². The highest BCUT2D eigenvalue weighted by Gasteiger charge is 2.38. The second-order valence-electron chi connectivity index (χ2n) is 9.87. The number of benzene rings is 1. The van der Waals surface area contributed by atoms with Gasteiger partial charge in [0.1, 0.15) is 11.2 Å². The molecule has 7 heteroatoms. The summed E-state index contributed by atoms with van der Waals surface area (Å²) in [4.78, 5) is 38.5. The van der Waals surface area contributed by atoms with Crippen molar-refractivity contribution < 1.29 is 28.6 Å². The zero-order chi connectivity index (χ0) is 24.1. The zero-order valence-electron chi connectivity index (χ0n) is 20.2. The van der Waals surface area contributed by atoms with Crippen LogP contribution >= 0.6 is 0 Å². The first-order chi connectivity index (χ1) is 14.8. The summed E-state index contributed by atoms with van der Waals surface area (Å²) < 4.78 is 16.1. The van der Waals surface area contributed by atoms with E-state index in [0.717, 1.165) is 18.5 Å². The molecule has 0 saturated heterocycles. The number of ether oxygens (including phenoxy) is 3. The van der Waals surface area contributed by atoms with Crippen molar-refractivity contribution in [3.8, 4) is 0 Å². The van der Waals surface area contributed by atoms with Crippen LogP contribution in [-0.2, 0) is 28.6 Å². The summed E-state index contributed by atoms with van der Waals surface area (Å²) in [5, 5.41) is 3.29. The van der Waals surface area contributed by atoms with Crippen LogP contribution in [0.3, 0.4) is 0 Å². The molecule has 0 atom stereocenters. The van der Waals surface area contributed by atoms with Crippen LogP contribution in [0, 0.1) is 0 Å². The standard InChI is InChI=1S/C25H35NO6/c1-24(2,3)31-22(28)20(23(29)32-25(4,5)6)16-12-8-10-14-18(16)26-19-15-11-9-13-17(19)21(27)30-7/h8,10,12,14,20,26H,9,11,13,15H2,1-7H3. The maximum atomic E-state index is 13.1. The van der Waals surface area contributed by atoms with E-state index >= 15 is 0 Å². The van der Waals surface area contributed by atoms with Crippen molar-refractivity contribution in [2.24, 2.45) is 0 Å². The van der Waals surface area contributed by atoms with Gasteiger partial charge in [-0.1, -0.05) is 18.2 Å². The predicted molar refractivity (Wildman–Crippen MR) is 122 cm³/mol. The van der Waals surface area contributed by atoms with Gasteiger partial charge in [0, 0.05) is 16.9 Å². The van der Waals surface area contributed by atoms with E-state index < -0.39 is 29.1 Å². The number of anilines is 1. The van der Waals surface area contributed by atoms with E-state index in [2.05, 4.69) is 5.32 Å².